The van der Waals surface area contributed by atoms with Crippen molar-refractivity contribution in [3.05, 3.63) is 72.8 Å². The molecule has 0 aliphatic heterocycles. The molecule has 0 fully saturated rings. The third-order valence-electron chi connectivity index (χ3n) is 5.30. The van der Waals surface area contributed by atoms with E-state index in [9.17, 15) is 4.79 Å². The lowest BCUT2D eigenvalue weighted by molar-refractivity contribution is 0.106. The number of carbonyl (C=O) groups excluding carboxylic acids is 1. The minimum Gasteiger partial charge on any atom is -0.497 e. The quantitative estimate of drug-likeness (QED) is 0.277. The first-order valence-corrected chi connectivity index (χ1v) is 11.7. The minimum absolute atomic E-state index is 0.235. The first kappa shape index (κ1) is 25.5. The fourth-order valence-corrected chi connectivity index (χ4v) is 3.47. The van der Waals surface area contributed by atoms with Gasteiger partial charge in [0.05, 0.1) is 26.5 Å². The maximum Gasteiger partial charge on any atom is 0.336 e. The van der Waals surface area contributed by atoms with Crippen LogP contribution in [0.4, 0.5) is 16.2 Å². The molecule has 0 aliphatic rings. The van der Waals surface area contributed by atoms with Crippen LogP contribution in [0.5, 0.6) is 17.5 Å². The highest BCUT2D eigenvalue weighted by Gasteiger charge is 2.16. The predicted octanol–water partition coefficient (Wildman–Crippen LogP) is 5.01. The third kappa shape index (κ3) is 6.77. The van der Waals surface area contributed by atoms with Crippen molar-refractivity contribution in [1.82, 2.24) is 14.8 Å². The molecule has 37 heavy (non-hydrogen) atoms. The van der Waals surface area contributed by atoms with Crippen LogP contribution in [0, 0.1) is 0 Å². The average Bonchev–Trinajstić information content (AvgIpc) is 3.36. The van der Waals surface area contributed by atoms with Gasteiger partial charge in [-0.05, 0) is 67.6 Å². The van der Waals surface area contributed by atoms with Gasteiger partial charge in [0.2, 0.25) is 0 Å². The van der Waals surface area contributed by atoms with Gasteiger partial charge in [0, 0.05) is 23.5 Å². The molecular formula is C27H29N5O5. The average molecular weight is 504 g/mol. The SMILES string of the molecule is CCOCCOc1nc(-c2cccc(OC)c2)n(-c2ccc(NC(=O)Nc3ccc(OC)cc3)cc2)n1. The highest BCUT2D eigenvalue weighted by molar-refractivity contribution is 5.99. The normalized spacial score (nSPS) is 10.6. The Morgan fingerprint density at radius 1 is 0.865 bits per heavy atom. The molecule has 0 unspecified atom stereocenters. The van der Waals surface area contributed by atoms with E-state index in [-0.39, 0.29) is 12.0 Å². The Balaban J connectivity index is 1.51. The van der Waals surface area contributed by atoms with Crippen molar-refractivity contribution in [3.8, 4) is 34.6 Å². The molecule has 2 N–H and O–H groups in total. The van der Waals surface area contributed by atoms with Gasteiger partial charge >= 0.3 is 12.0 Å². The van der Waals surface area contributed by atoms with Crippen molar-refractivity contribution in [2.24, 2.45) is 0 Å². The summed E-state index contributed by atoms with van der Waals surface area (Å²) in [5, 5.41) is 10.2. The zero-order chi connectivity index (χ0) is 26.0. The molecule has 4 aromatic rings. The van der Waals surface area contributed by atoms with E-state index >= 15 is 0 Å². The number of urea groups is 1. The second kappa shape index (κ2) is 12.4. The first-order valence-electron chi connectivity index (χ1n) is 11.7. The molecule has 0 radical (unpaired) electrons. The van der Waals surface area contributed by atoms with Crippen molar-refractivity contribution in [2.75, 3.05) is 44.7 Å². The number of amides is 2. The van der Waals surface area contributed by atoms with Gasteiger partial charge in [0.1, 0.15) is 18.1 Å². The van der Waals surface area contributed by atoms with Crippen molar-refractivity contribution < 1.29 is 23.7 Å². The summed E-state index contributed by atoms with van der Waals surface area (Å²) in [5.74, 6) is 2.00. The molecule has 0 spiro atoms. The number of methoxy groups -OCH3 is 2. The van der Waals surface area contributed by atoms with E-state index in [0.717, 1.165) is 11.3 Å². The Morgan fingerprint density at radius 3 is 2.19 bits per heavy atom. The summed E-state index contributed by atoms with van der Waals surface area (Å²) in [6, 6.07) is 21.8. The van der Waals surface area contributed by atoms with Gasteiger partial charge in [0.15, 0.2) is 5.82 Å². The molecule has 10 heteroatoms. The number of nitrogens with zero attached hydrogens (tertiary/aromatic N) is 3. The lowest BCUT2D eigenvalue weighted by atomic mass is 10.2. The molecule has 0 saturated carbocycles. The topological polar surface area (TPSA) is 109 Å². The maximum absolute atomic E-state index is 12.4. The number of rotatable bonds is 11. The summed E-state index contributed by atoms with van der Waals surface area (Å²) < 4.78 is 23.2. The molecule has 192 valence electrons. The van der Waals surface area contributed by atoms with E-state index in [1.165, 1.54) is 0 Å². The van der Waals surface area contributed by atoms with Crippen LogP contribution in [0.2, 0.25) is 0 Å². The summed E-state index contributed by atoms with van der Waals surface area (Å²) >= 11 is 0. The lowest BCUT2D eigenvalue weighted by Crippen LogP contribution is -2.19. The van der Waals surface area contributed by atoms with Crippen molar-refractivity contribution in [3.63, 3.8) is 0 Å². The minimum atomic E-state index is -0.360. The highest BCUT2D eigenvalue weighted by atomic mass is 16.5. The fourth-order valence-electron chi connectivity index (χ4n) is 3.47. The number of anilines is 2. The molecule has 0 atom stereocenters. The highest BCUT2D eigenvalue weighted by Crippen LogP contribution is 2.27. The molecule has 1 aromatic heterocycles. The molecule has 0 aliphatic carbocycles. The zero-order valence-corrected chi connectivity index (χ0v) is 20.9. The molecule has 0 saturated heterocycles. The molecule has 4 rings (SSSR count). The number of hydrogen-bond acceptors (Lipinski definition) is 7. The van der Waals surface area contributed by atoms with Crippen LogP contribution in [-0.2, 0) is 4.74 Å². The Morgan fingerprint density at radius 2 is 1.54 bits per heavy atom. The van der Waals surface area contributed by atoms with Gasteiger partial charge < -0.3 is 29.6 Å². The molecule has 0 bridgehead atoms. The number of hydrogen-bond donors (Lipinski definition) is 2. The number of ether oxygens (including phenoxy) is 4. The summed E-state index contributed by atoms with van der Waals surface area (Å²) in [6.07, 6.45) is 0. The first-order chi connectivity index (χ1) is 18.1. The number of benzene rings is 3. The van der Waals surface area contributed by atoms with Crippen LogP contribution in [-0.4, -0.2) is 54.8 Å². The Labute approximate surface area is 215 Å². The van der Waals surface area contributed by atoms with Crippen molar-refractivity contribution in [1.29, 1.82) is 0 Å². The number of carbonyl (C=O) groups is 1. The van der Waals surface area contributed by atoms with Gasteiger partial charge in [-0.1, -0.05) is 12.1 Å². The maximum atomic E-state index is 12.4. The van der Waals surface area contributed by atoms with E-state index in [4.69, 9.17) is 18.9 Å². The van der Waals surface area contributed by atoms with Gasteiger partial charge in [-0.25, -0.2) is 9.48 Å². The third-order valence-corrected chi connectivity index (χ3v) is 5.30. The number of aromatic nitrogens is 3. The van der Waals surface area contributed by atoms with Gasteiger partial charge in [0.25, 0.3) is 0 Å². The molecule has 3 aromatic carbocycles. The van der Waals surface area contributed by atoms with Crippen LogP contribution in [0.25, 0.3) is 17.1 Å². The van der Waals surface area contributed by atoms with Crippen molar-refractivity contribution >= 4 is 17.4 Å². The van der Waals surface area contributed by atoms with E-state index in [2.05, 4.69) is 20.7 Å². The van der Waals surface area contributed by atoms with E-state index in [0.29, 0.717) is 48.5 Å². The number of nitrogens with one attached hydrogen (secondary N) is 2. The molecule has 1 heterocycles. The summed E-state index contributed by atoms with van der Waals surface area (Å²) in [5.41, 5.74) is 2.82. The van der Waals surface area contributed by atoms with Crippen molar-refractivity contribution in [2.45, 2.75) is 6.92 Å². The van der Waals surface area contributed by atoms with Crippen LogP contribution in [0.3, 0.4) is 0 Å². The van der Waals surface area contributed by atoms with E-state index in [1.807, 2.05) is 43.3 Å². The monoisotopic (exact) mass is 503 g/mol. The summed E-state index contributed by atoms with van der Waals surface area (Å²) in [6.45, 7) is 3.31. The fraction of sp³-hybridized carbons (Fsp3) is 0.222. The second-order valence-corrected chi connectivity index (χ2v) is 7.76. The summed E-state index contributed by atoms with van der Waals surface area (Å²) in [7, 11) is 3.21. The smallest absolute Gasteiger partial charge is 0.336 e. The lowest BCUT2D eigenvalue weighted by Gasteiger charge is -2.10. The zero-order valence-electron chi connectivity index (χ0n) is 20.9. The predicted molar refractivity (Wildman–Crippen MR) is 141 cm³/mol. The van der Waals surface area contributed by atoms with Gasteiger partial charge in [-0.3, -0.25) is 0 Å². The van der Waals surface area contributed by atoms with Crippen LogP contribution < -0.4 is 24.8 Å². The van der Waals surface area contributed by atoms with Crippen LogP contribution in [0.1, 0.15) is 6.92 Å². The van der Waals surface area contributed by atoms with E-state index in [1.54, 1.807) is 55.3 Å². The molecule has 10 nitrogen and oxygen atoms in total. The van der Waals surface area contributed by atoms with Crippen LogP contribution >= 0.6 is 0 Å². The van der Waals surface area contributed by atoms with Crippen LogP contribution in [0.15, 0.2) is 72.8 Å². The Hall–Kier alpha value is -4.57. The Bertz CT molecular complexity index is 1310. The largest absolute Gasteiger partial charge is 0.497 e. The Kier molecular flexibility index (Phi) is 8.56. The standard InChI is InChI=1S/C27H29N5O5/c1-4-36-16-17-37-27-30-25(19-6-5-7-24(18-19)35-3)32(31-27)22-12-8-20(9-13-22)28-26(33)29-21-10-14-23(34-2)15-11-21/h5-15,18H,4,16-17H2,1-3H3,(H2,28,29,33). The molecule has 2 amide bonds. The second-order valence-electron chi connectivity index (χ2n) is 7.76. The molecular weight excluding hydrogens is 474 g/mol. The van der Waals surface area contributed by atoms with Gasteiger partial charge in [-0.2, -0.15) is 4.98 Å². The van der Waals surface area contributed by atoms with E-state index < -0.39 is 0 Å². The van der Waals surface area contributed by atoms with Gasteiger partial charge in [-0.15, -0.1) is 5.10 Å². The summed E-state index contributed by atoms with van der Waals surface area (Å²) in [4.78, 5) is 17.0.